The third-order valence-corrected chi connectivity index (χ3v) is 5.00. The molecule has 3 saturated heterocycles. The first-order chi connectivity index (χ1) is 12.5. The van der Waals surface area contributed by atoms with Crippen LogP contribution in [0, 0.1) is 0 Å². The van der Waals surface area contributed by atoms with Gasteiger partial charge in [-0.3, -0.25) is 0 Å². The quantitative estimate of drug-likeness (QED) is 0.277. The summed E-state index contributed by atoms with van der Waals surface area (Å²) in [4.78, 5) is 11.2. The van der Waals surface area contributed by atoms with Gasteiger partial charge in [-0.25, -0.2) is 4.79 Å². The topological polar surface area (TPSA) is 185 Å². The lowest BCUT2D eigenvalue weighted by Gasteiger charge is -2.49. The van der Waals surface area contributed by atoms with E-state index in [1.54, 1.807) is 0 Å². The number of carboxylic acids is 1. The second-order valence-corrected chi connectivity index (χ2v) is 6.98. The number of carbonyl (C=O) groups is 1. The molecule has 0 amide bonds. The number of aliphatic hydroxyl groups excluding tert-OH is 5. The molecule has 3 aliphatic rings. The van der Waals surface area contributed by atoms with E-state index in [0.29, 0.717) is 0 Å². The first-order valence-electron chi connectivity index (χ1n) is 8.47. The third kappa shape index (κ3) is 3.70. The molecule has 0 aromatic heterocycles. The van der Waals surface area contributed by atoms with E-state index < -0.39 is 73.2 Å². The fourth-order valence-electron chi connectivity index (χ4n) is 3.31. The van der Waals surface area contributed by atoms with E-state index in [4.69, 9.17) is 28.8 Å². The van der Waals surface area contributed by atoms with Crippen LogP contribution in [-0.2, 0) is 28.5 Å². The Morgan fingerprint density at radius 1 is 1.04 bits per heavy atom. The van der Waals surface area contributed by atoms with Gasteiger partial charge in [-0.2, -0.15) is 0 Å². The number of aliphatic hydroxyl groups is 5. The standard InChI is InChI=1S/C15H24O12/c1-4-10(6(16)8(18)12(20)24-4)26-13-9(19)7(17)11-5(25-13)3-23-15(2,27-11)14(21)22/h4-13,16-20H,3H2,1-2H3,(H,21,22)/t4?,5?,6-,7-,8?,9?,10+,11+,12+,13-,15?/m0/s1. The smallest absolute Gasteiger partial charge is 0.364 e. The zero-order valence-corrected chi connectivity index (χ0v) is 14.6. The maximum atomic E-state index is 11.2. The first-order valence-corrected chi connectivity index (χ1v) is 8.47. The Balaban J connectivity index is 1.70. The molecule has 0 bridgehead atoms. The van der Waals surface area contributed by atoms with Gasteiger partial charge in [0.15, 0.2) is 12.6 Å². The predicted molar refractivity (Wildman–Crippen MR) is 81.0 cm³/mol. The third-order valence-electron chi connectivity index (χ3n) is 5.00. The number of aliphatic carboxylic acids is 1. The van der Waals surface area contributed by atoms with Crippen LogP contribution >= 0.6 is 0 Å². The summed E-state index contributed by atoms with van der Waals surface area (Å²) in [5.41, 5.74) is 0. The summed E-state index contributed by atoms with van der Waals surface area (Å²) in [5.74, 6) is -3.40. The fourth-order valence-corrected chi connectivity index (χ4v) is 3.31. The van der Waals surface area contributed by atoms with Crippen molar-refractivity contribution in [2.75, 3.05) is 6.61 Å². The van der Waals surface area contributed by atoms with Gasteiger partial charge in [-0.05, 0) is 6.92 Å². The molecule has 5 unspecified atom stereocenters. The van der Waals surface area contributed by atoms with Gasteiger partial charge < -0.3 is 54.3 Å². The molecule has 11 atom stereocenters. The molecule has 12 heteroatoms. The lowest BCUT2D eigenvalue weighted by atomic mass is 9.96. The van der Waals surface area contributed by atoms with E-state index >= 15 is 0 Å². The zero-order chi connectivity index (χ0) is 20.1. The highest BCUT2D eigenvalue weighted by molar-refractivity contribution is 5.75. The highest BCUT2D eigenvalue weighted by atomic mass is 16.8. The molecule has 12 nitrogen and oxygen atoms in total. The van der Waals surface area contributed by atoms with Crippen molar-refractivity contribution in [3.8, 4) is 0 Å². The highest BCUT2D eigenvalue weighted by Crippen LogP contribution is 2.34. The van der Waals surface area contributed by atoms with Crippen LogP contribution in [0.15, 0.2) is 0 Å². The maximum Gasteiger partial charge on any atom is 0.364 e. The predicted octanol–water partition coefficient (Wildman–Crippen LogP) is -3.51. The molecule has 3 fully saturated rings. The van der Waals surface area contributed by atoms with Crippen LogP contribution in [0.3, 0.4) is 0 Å². The van der Waals surface area contributed by atoms with Crippen molar-refractivity contribution in [1.82, 2.24) is 0 Å². The Morgan fingerprint density at radius 3 is 2.33 bits per heavy atom. The normalized spacial score (nSPS) is 53.6. The van der Waals surface area contributed by atoms with Crippen LogP contribution in [-0.4, -0.2) is 110 Å². The summed E-state index contributed by atoms with van der Waals surface area (Å²) < 4.78 is 26.5. The summed E-state index contributed by atoms with van der Waals surface area (Å²) in [7, 11) is 0. The van der Waals surface area contributed by atoms with Crippen molar-refractivity contribution < 1.29 is 59.1 Å². The van der Waals surface area contributed by atoms with Gasteiger partial charge >= 0.3 is 5.97 Å². The second-order valence-electron chi connectivity index (χ2n) is 6.98. The molecular formula is C15H24O12. The average Bonchev–Trinajstić information content (AvgIpc) is 2.61. The summed E-state index contributed by atoms with van der Waals surface area (Å²) >= 11 is 0. The van der Waals surface area contributed by atoms with E-state index in [0.717, 1.165) is 6.92 Å². The van der Waals surface area contributed by atoms with Gasteiger partial charge in [0, 0.05) is 6.92 Å². The molecule has 3 rings (SSSR count). The van der Waals surface area contributed by atoms with Gasteiger partial charge in [0.2, 0.25) is 0 Å². The largest absolute Gasteiger partial charge is 0.477 e. The van der Waals surface area contributed by atoms with Gasteiger partial charge in [-0.1, -0.05) is 0 Å². The molecule has 3 heterocycles. The molecule has 3 aliphatic heterocycles. The maximum absolute atomic E-state index is 11.2. The van der Waals surface area contributed by atoms with Crippen LogP contribution in [0.25, 0.3) is 0 Å². The summed E-state index contributed by atoms with van der Waals surface area (Å²) in [6.45, 7) is 2.39. The van der Waals surface area contributed by atoms with Crippen LogP contribution in [0.5, 0.6) is 0 Å². The van der Waals surface area contributed by atoms with Crippen molar-refractivity contribution in [1.29, 1.82) is 0 Å². The van der Waals surface area contributed by atoms with Crippen molar-refractivity contribution in [2.45, 2.75) is 81.0 Å². The Kier molecular flexibility index (Phi) is 5.76. The minimum absolute atomic E-state index is 0.252. The van der Waals surface area contributed by atoms with Crippen LogP contribution < -0.4 is 0 Å². The number of ether oxygens (including phenoxy) is 5. The fraction of sp³-hybridized carbons (Fsp3) is 0.933. The van der Waals surface area contributed by atoms with Crippen molar-refractivity contribution >= 4 is 5.97 Å². The number of rotatable bonds is 3. The molecule has 0 radical (unpaired) electrons. The summed E-state index contributed by atoms with van der Waals surface area (Å²) in [5, 5.41) is 59.1. The molecule has 0 aliphatic carbocycles. The SMILES string of the molecule is CC1O[C@@H](O)C(O)[C@H](O)[C@@H]1O[C@@H]1OC2COC(C)(C(=O)O)O[C@H]2[C@@H](O)C1O. The number of carboxylic acid groups (broad SMARTS) is 1. The molecule has 0 aromatic carbocycles. The number of fused-ring (bicyclic) bond motifs is 1. The first kappa shape index (κ1) is 20.8. The highest BCUT2D eigenvalue weighted by Gasteiger charge is 2.55. The van der Waals surface area contributed by atoms with Gasteiger partial charge in [0.25, 0.3) is 5.79 Å². The Labute approximate surface area is 153 Å². The molecule has 6 N–H and O–H groups in total. The van der Waals surface area contributed by atoms with E-state index in [2.05, 4.69) is 0 Å². The van der Waals surface area contributed by atoms with E-state index in [-0.39, 0.29) is 6.61 Å². The molecule has 27 heavy (non-hydrogen) atoms. The monoisotopic (exact) mass is 396 g/mol. The van der Waals surface area contributed by atoms with Crippen LogP contribution in [0.4, 0.5) is 0 Å². The minimum atomic E-state index is -2.00. The summed E-state index contributed by atoms with van der Waals surface area (Å²) in [6, 6.07) is 0. The Bertz CT molecular complexity index is 557. The van der Waals surface area contributed by atoms with Crippen molar-refractivity contribution in [3.63, 3.8) is 0 Å². The average molecular weight is 396 g/mol. The van der Waals surface area contributed by atoms with E-state index in [1.165, 1.54) is 6.92 Å². The van der Waals surface area contributed by atoms with Gasteiger partial charge in [0.1, 0.15) is 42.7 Å². The van der Waals surface area contributed by atoms with E-state index in [9.17, 15) is 30.3 Å². The molecule has 156 valence electrons. The van der Waals surface area contributed by atoms with Crippen LogP contribution in [0.2, 0.25) is 0 Å². The summed E-state index contributed by atoms with van der Waals surface area (Å²) in [6.07, 6.45) is -13.6. The van der Waals surface area contributed by atoms with E-state index in [1.807, 2.05) is 0 Å². The minimum Gasteiger partial charge on any atom is -0.477 e. The Hall–Kier alpha value is -0.930. The lowest BCUT2D eigenvalue weighted by Crippen LogP contribution is -2.67. The molecule has 0 aromatic rings. The lowest BCUT2D eigenvalue weighted by molar-refractivity contribution is -0.393. The zero-order valence-electron chi connectivity index (χ0n) is 14.6. The second kappa shape index (κ2) is 7.48. The van der Waals surface area contributed by atoms with Gasteiger partial charge in [-0.15, -0.1) is 0 Å². The molecular weight excluding hydrogens is 372 g/mol. The van der Waals surface area contributed by atoms with Crippen LogP contribution in [0.1, 0.15) is 13.8 Å². The van der Waals surface area contributed by atoms with Gasteiger partial charge in [0.05, 0.1) is 12.7 Å². The number of hydrogen-bond donors (Lipinski definition) is 6. The Morgan fingerprint density at radius 2 is 1.70 bits per heavy atom. The van der Waals surface area contributed by atoms with Crippen molar-refractivity contribution in [2.24, 2.45) is 0 Å². The molecule has 0 spiro atoms. The van der Waals surface area contributed by atoms with Crippen molar-refractivity contribution in [3.05, 3.63) is 0 Å². The number of hydrogen-bond acceptors (Lipinski definition) is 11. The molecule has 0 saturated carbocycles.